The molecule has 0 bridgehead atoms. The molecule has 0 amide bonds. The van der Waals surface area contributed by atoms with E-state index < -0.39 is 6.10 Å². The molecule has 0 aromatic carbocycles. The van der Waals surface area contributed by atoms with Gasteiger partial charge in [-0.15, -0.1) is 12.4 Å². The maximum absolute atomic E-state index is 9.12. The highest BCUT2D eigenvalue weighted by Gasteiger charge is 2.18. The molecule has 0 saturated carbocycles. The number of halogens is 1. The molecule has 3 unspecified atom stereocenters. The van der Waals surface area contributed by atoms with E-state index >= 15 is 0 Å². The van der Waals surface area contributed by atoms with E-state index in [1.165, 1.54) is 0 Å². The average Bonchev–Trinajstić information content (AvgIpc) is 1.80. The summed E-state index contributed by atoms with van der Waals surface area (Å²) in [6, 6.07) is -0.187. The van der Waals surface area contributed by atoms with Crippen LogP contribution >= 0.6 is 25.0 Å². The second-order valence-corrected chi connectivity index (χ2v) is 3.00. The standard InChI is InChI=1S/C6H11NOS.ClH/c7-5-2-1-4(9)3-6(5)8;/h1-2,4-6,8-9H,3,7H2;1H. The number of nitrogens with two attached hydrogens (primary N) is 1. The van der Waals surface area contributed by atoms with E-state index in [1.54, 1.807) is 6.08 Å². The summed E-state index contributed by atoms with van der Waals surface area (Å²) in [5, 5.41) is 9.30. The molecule has 0 aromatic rings. The first-order chi connectivity index (χ1) is 4.20. The van der Waals surface area contributed by atoms with E-state index in [0.29, 0.717) is 6.42 Å². The second-order valence-electron chi connectivity index (χ2n) is 2.33. The van der Waals surface area contributed by atoms with Crippen molar-refractivity contribution in [3.63, 3.8) is 0 Å². The normalized spacial score (nSPS) is 38.9. The number of thiol groups is 1. The van der Waals surface area contributed by atoms with Crippen molar-refractivity contribution in [1.29, 1.82) is 0 Å². The molecule has 0 aromatic heterocycles. The Morgan fingerprint density at radius 3 is 2.50 bits per heavy atom. The molecule has 10 heavy (non-hydrogen) atoms. The van der Waals surface area contributed by atoms with Crippen molar-refractivity contribution >= 4 is 25.0 Å². The Hall–Kier alpha value is 0.300. The number of rotatable bonds is 0. The van der Waals surface area contributed by atoms with Gasteiger partial charge in [0.2, 0.25) is 0 Å². The molecule has 0 spiro atoms. The fourth-order valence-electron chi connectivity index (χ4n) is 0.868. The molecule has 1 aliphatic rings. The molecule has 0 aliphatic heterocycles. The van der Waals surface area contributed by atoms with Crippen molar-refractivity contribution in [2.24, 2.45) is 5.73 Å². The Morgan fingerprint density at radius 1 is 1.50 bits per heavy atom. The van der Waals surface area contributed by atoms with Gasteiger partial charge in [0, 0.05) is 11.3 Å². The Kier molecular flexibility index (Phi) is 4.36. The third-order valence-electron chi connectivity index (χ3n) is 1.48. The Labute approximate surface area is 72.3 Å². The van der Waals surface area contributed by atoms with Gasteiger partial charge in [0.1, 0.15) is 0 Å². The van der Waals surface area contributed by atoms with Gasteiger partial charge in [-0.3, -0.25) is 0 Å². The lowest BCUT2D eigenvalue weighted by molar-refractivity contribution is 0.148. The second kappa shape index (κ2) is 4.23. The van der Waals surface area contributed by atoms with Crippen LogP contribution in [0, 0.1) is 0 Å². The Morgan fingerprint density at radius 2 is 2.10 bits per heavy atom. The summed E-state index contributed by atoms with van der Waals surface area (Å²) >= 11 is 4.16. The highest BCUT2D eigenvalue weighted by molar-refractivity contribution is 7.81. The fourth-order valence-corrected chi connectivity index (χ4v) is 1.18. The molecular weight excluding hydrogens is 170 g/mol. The Bertz CT molecular complexity index is 131. The summed E-state index contributed by atoms with van der Waals surface area (Å²) in [6.07, 6.45) is 3.98. The molecule has 3 N–H and O–H groups in total. The van der Waals surface area contributed by atoms with Crippen LogP contribution in [0.5, 0.6) is 0 Å². The number of hydrogen-bond donors (Lipinski definition) is 3. The number of hydrogen-bond acceptors (Lipinski definition) is 3. The average molecular weight is 182 g/mol. The lowest BCUT2D eigenvalue weighted by atomic mass is 10.0. The summed E-state index contributed by atoms with van der Waals surface area (Å²) in [7, 11) is 0. The molecule has 1 rings (SSSR count). The summed E-state index contributed by atoms with van der Waals surface area (Å²) < 4.78 is 0. The van der Waals surface area contributed by atoms with Crippen molar-refractivity contribution in [1.82, 2.24) is 0 Å². The van der Waals surface area contributed by atoms with Crippen LogP contribution in [0.4, 0.5) is 0 Å². The molecular formula is C6H12ClNOS. The van der Waals surface area contributed by atoms with E-state index in [2.05, 4.69) is 12.6 Å². The zero-order valence-corrected chi connectivity index (χ0v) is 7.18. The maximum atomic E-state index is 9.12. The molecule has 1 aliphatic carbocycles. The first kappa shape index (κ1) is 10.3. The molecule has 60 valence electrons. The van der Waals surface area contributed by atoms with Gasteiger partial charge in [0.15, 0.2) is 0 Å². The van der Waals surface area contributed by atoms with Gasteiger partial charge in [0.25, 0.3) is 0 Å². The largest absolute Gasteiger partial charge is 0.391 e. The van der Waals surface area contributed by atoms with Crippen LogP contribution < -0.4 is 5.73 Å². The lowest BCUT2D eigenvalue weighted by Gasteiger charge is -2.22. The van der Waals surface area contributed by atoms with Crippen LogP contribution in [-0.4, -0.2) is 22.5 Å². The third-order valence-corrected chi connectivity index (χ3v) is 1.87. The van der Waals surface area contributed by atoms with E-state index in [0.717, 1.165) is 0 Å². The van der Waals surface area contributed by atoms with E-state index in [4.69, 9.17) is 10.8 Å². The molecule has 0 radical (unpaired) electrons. The van der Waals surface area contributed by atoms with Crippen molar-refractivity contribution in [3.8, 4) is 0 Å². The minimum atomic E-state index is -0.405. The van der Waals surface area contributed by atoms with Gasteiger partial charge in [-0.2, -0.15) is 12.6 Å². The van der Waals surface area contributed by atoms with Gasteiger partial charge < -0.3 is 10.8 Å². The predicted molar refractivity (Wildman–Crippen MR) is 47.8 cm³/mol. The summed E-state index contributed by atoms with van der Waals surface area (Å²) in [5.41, 5.74) is 5.47. The topological polar surface area (TPSA) is 46.2 Å². The van der Waals surface area contributed by atoms with Crippen molar-refractivity contribution in [2.45, 2.75) is 23.8 Å². The predicted octanol–water partition coefficient (Wildman–Crippen LogP) is 0.355. The minimum absolute atomic E-state index is 0. The first-order valence-corrected chi connectivity index (χ1v) is 3.52. The van der Waals surface area contributed by atoms with Crippen LogP contribution in [0.3, 0.4) is 0 Å². The fraction of sp³-hybridized carbons (Fsp3) is 0.667. The lowest BCUT2D eigenvalue weighted by Crippen LogP contribution is -2.37. The third kappa shape index (κ3) is 2.50. The quantitative estimate of drug-likeness (QED) is 0.373. The first-order valence-electron chi connectivity index (χ1n) is 3.00. The number of aliphatic hydroxyl groups is 1. The highest BCUT2D eigenvalue weighted by Crippen LogP contribution is 2.14. The zero-order valence-electron chi connectivity index (χ0n) is 5.47. The van der Waals surface area contributed by atoms with Crippen LogP contribution in [0.2, 0.25) is 0 Å². The monoisotopic (exact) mass is 181 g/mol. The van der Waals surface area contributed by atoms with Crippen molar-refractivity contribution in [3.05, 3.63) is 12.2 Å². The van der Waals surface area contributed by atoms with Gasteiger partial charge >= 0.3 is 0 Å². The van der Waals surface area contributed by atoms with Crippen LogP contribution in [-0.2, 0) is 0 Å². The smallest absolute Gasteiger partial charge is 0.0740 e. The SMILES string of the molecule is Cl.NC1C=CC(S)CC1O. The summed E-state index contributed by atoms with van der Waals surface area (Å²) in [6.45, 7) is 0. The van der Waals surface area contributed by atoms with Crippen LogP contribution in [0.25, 0.3) is 0 Å². The zero-order chi connectivity index (χ0) is 6.85. The van der Waals surface area contributed by atoms with Gasteiger partial charge in [0.05, 0.1) is 6.10 Å². The molecule has 0 heterocycles. The van der Waals surface area contributed by atoms with Gasteiger partial charge in [-0.25, -0.2) is 0 Å². The van der Waals surface area contributed by atoms with Gasteiger partial charge in [-0.1, -0.05) is 12.2 Å². The molecule has 3 atom stereocenters. The van der Waals surface area contributed by atoms with Crippen LogP contribution in [0.15, 0.2) is 12.2 Å². The molecule has 2 nitrogen and oxygen atoms in total. The Balaban J connectivity index is 0.000000810. The minimum Gasteiger partial charge on any atom is -0.391 e. The number of aliphatic hydroxyl groups excluding tert-OH is 1. The van der Waals surface area contributed by atoms with E-state index in [9.17, 15) is 0 Å². The summed E-state index contributed by atoms with van der Waals surface area (Å²) in [5.74, 6) is 0. The molecule has 4 heteroatoms. The summed E-state index contributed by atoms with van der Waals surface area (Å²) in [4.78, 5) is 0. The molecule has 0 saturated heterocycles. The van der Waals surface area contributed by atoms with E-state index in [1.807, 2.05) is 6.08 Å². The van der Waals surface area contributed by atoms with Crippen LogP contribution in [0.1, 0.15) is 6.42 Å². The van der Waals surface area contributed by atoms with Gasteiger partial charge in [-0.05, 0) is 6.42 Å². The molecule has 0 fully saturated rings. The van der Waals surface area contributed by atoms with Crippen molar-refractivity contribution in [2.75, 3.05) is 0 Å². The van der Waals surface area contributed by atoms with Crippen molar-refractivity contribution < 1.29 is 5.11 Å². The maximum Gasteiger partial charge on any atom is 0.0740 e. The highest BCUT2D eigenvalue weighted by atomic mass is 35.5. The van der Waals surface area contributed by atoms with E-state index in [-0.39, 0.29) is 23.7 Å².